The molecule has 1 aromatic heterocycles. The molecule has 0 aliphatic carbocycles. The third kappa shape index (κ3) is 3.21. The predicted molar refractivity (Wildman–Crippen MR) is 87.8 cm³/mol. The Hall–Kier alpha value is -0.380. The number of hydrogen-bond acceptors (Lipinski definition) is 2. The molecule has 104 valence electrons. The largest absolute Gasteiger partial charge is 0.388 e. The summed E-state index contributed by atoms with van der Waals surface area (Å²) in [5, 5.41) is 14.0. The van der Waals surface area contributed by atoms with Crippen LogP contribution in [0.4, 0.5) is 0 Å². The lowest BCUT2D eigenvalue weighted by molar-refractivity contribution is 0.0981. The van der Waals surface area contributed by atoms with Crippen LogP contribution >= 0.6 is 27.3 Å². The topological polar surface area (TPSA) is 20.2 Å². The highest BCUT2D eigenvalue weighted by Gasteiger charge is 2.22. The van der Waals surface area contributed by atoms with Gasteiger partial charge in [0, 0.05) is 9.17 Å². The Morgan fingerprint density at radius 1 is 1.21 bits per heavy atom. The first kappa shape index (κ1) is 15.0. The summed E-state index contributed by atoms with van der Waals surface area (Å²) in [6, 6.07) is 6.22. The highest BCUT2D eigenvalue weighted by molar-refractivity contribution is 9.10. The van der Waals surface area contributed by atoms with Crippen LogP contribution in [0.1, 0.15) is 51.2 Å². The standard InChI is InChI=1S/C16H21BrOS/c1-3-6-11(7-4-2)15(18)13-10-19-16-12(13)8-5-9-14(16)17/h5,8-11,15,18H,3-4,6-7H2,1-2H3. The van der Waals surface area contributed by atoms with Crippen molar-refractivity contribution in [1.29, 1.82) is 0 Å². The summed E-state index contributed by atoms with van der Waals surface area (Å²) in [6.45, 7) is 4.38. The molecule has 0 saturated carbocycles. The molecule has 3 heteroatoms. The summed E-state index contributed by atoms with van der Waals surface area (Å²) in [7, 11) is 0. The molecule has 2 aromatic rings. The van der Waals surface area contributed by atoms with E-state index in [1.165, 1.54) is 10.1 Å². The lowest BCUT2D eigenvalue weighted by atomic mass is 9.88. The monoisotopic (exact) mass is 340 g/mol. The zero-order chi connectivity index (χ0) is 13.8. The molecule has 1 aromatic carbocycles. The number of fused-ring (bicyclic) bond motifs is 1. The van der Waals surface area contributed by atoms with Gasteiger partial charge in [0.05, 0.1) is 6.10 Å². The van der Waals surface area contributed by atoms with Crippen LogP contribution in [0.15, 0.2) is 28.1 Å². The number of rotatable bonds is 6. The lowest BCUT2D eigenvalue weighted by Gasteiger charge is -2.22. The first-order chi connectivity index (χ1) is 9.19. The van der Waals surface area contributed by atoms with Crippen molar-refractivity contribution in [3.63, 3.8) is 0 Å². The summed E-state index contributed by atoms with van der Waals surface area (Å²) < 4.78 is 2.36. The van der Waals surface area contributed by atoms with Crippen LogP contribution in [0.25, 0.3) is 10.1 Å². The molecule has 1 atom stereocenters. The Kier molecular flexibility index (Phi) is 5.43. The summed E-state index contributed by atoms with van der Waals surface area (Å²) in [6.07, 6.45) is 4.13. The van der Waals surface area contributed by atoms with Gasteiger partial charge in [-0.3, -0.25) is 0 Å². The van der Waals surface area contributed by atoms with E-state index in [9.17, 15) is 5.11 Å². The van der Waals surface area contributed by atoms with Crippen LogP contribution < -0.4 is 0 Å². The highest BCUT2D eigenvalue weighted by Crippen LogP contribution is 2.39. The number of benzene rings is 1. The summed E-state index contributed by atoms with van der Waals surface area (Å²) in [5.41, 5.74) is 1.10. The van der Waals surface area contributed by atoms with Crippen molar-refractivity contribution in [2.24, 2.45) is 5.92 Å². The van der Waals surface area contributed by atoms with Crippen LogP contribution in [0.5, 0.6) is 0 Å². The van der Waals surface area contributed by atoms with Crippen LogP contribution in [0.3, 0.4) is 0 Å². The van der Waals surface area contributed by atoms with Gasteiger partial charge in [0.2, 0.25) is 0 Å². The smallest absolute Gasteiger partial charge is 0.0832 e. The van der Waals surface area contributed by atoms with Gasteiger partial charge in [0.25, 0.3) is 0 Å². The molecular formula is C16H21BrOS. The Morgan fingerprint density at radius 3 is 2.53 bits per heavy atom. The number of hydrogen-bond donors (Lipinski definition) is 1. The average Bonchev–Trinajstić information content (AvgIpc) is 2.83. The zero-order valence-corrected chi connectivity index (χ0v) is 13.9. The molecule has 0 aliphatic rings. The second-order valence-corrected chi connectivity index (χ2v) is 6.82. The lowest BCUT2D eigenvalue weighted by Crippen LogP contribution is -2.12. The fourth-order valence-electron chi connectivity index (χ4n) is 2.73. The molecule has 0 fully saturated rings. The summed E-state index contributed by atoms with van der Waals surface area (Å²) in [5.74, 6) is 0.381. The minimum absolute atomic E-state index is 0.331. The van der Waals surface area contributed by atoms with E-state index >= 15 is 0 Å². The van der Waals surface area contributed by atoms with Crippen molar-refractivity contribution in [2.75, 3.05) is 0 Å². The highest BCUT2D eigenvalue weighted by atomic mass is 79.9. The molecule has 1 nitrogen and oxygen atoms in total. The maximum absolute atomic E-state index is 10.7. The van der Waals surface area contributed by atoms with Gasteiger partial charge in [-0.2, -0.15) is 0 Å². The maximum atomic E-state index is 10.7. The van der Waals surface area contributed by atoms with Gasteiger partial charge in [-0.05, 0) is 57.1 Å². The molecule has 0 amide bonds. The minimum atomic E-state index is -0.331. The first-order valence-corrected chi connectivity index (χ1v) is 8.70. The second kappa shape index (κ2) is 6.87. The van der Waals surface area contributed by atoms with E-state index in [0.717, 1.165) is 35.7 Å². The molecular weight excluding hydrogens is 320 g/mol. The zero-order valence-electron chi connectivity index (χ0n) is 11.5. The van der Waals surface area contributed by atoms with Gasteiger partial charge in [0.15, 0.2) is 0 Å². The van der Waals surface area contributed by atoms with Crippen LogP contribution in [-0.2, 0) is 0 Å². The molecule has 0 spiro atoms. The molecule has 1 unspecified atom stereocenters. The Bertz CT molecular complexity index is 529. The maximum Gasteiger partial charge on any atom is 0.0832 e. The van der Waals surface area contributed by atoms with Crippen molar-refractivity contribution < 1.29 is 5.11 Å². The second-order valence-electron chi connectivity index (χ2n) is 5.09. The number of thiophene rings is 1. The molecule has 1 N–H and O–H groups in total. The normalized spacial score (nSPS) is 13.3. The third-order valence-corrected chi connectivity index (χ3v) is 5.64. The van der Waals surface area contributed by atoms with Crippen LogP contribution in [0.2, 0.25) is 0 Å². The first-order valence-electron chi connectivity index (χ1n) is 7.02. The van der Waals surface area contributed by atoms with Crippen molar-refractivity contribution in [3.8, 4) is 0 Å². The molecule has 2 rings (SSSR count). The molecule has 0 bridgehead atoms. The average molecular weight is 341 g/mol. The molecule has 0 aliphatic heterocycles. The van der Waals surface area contributed by atoms with Crippen LogP contribution in [0, 0.1) is 5.92 Å². The predicted octanol–water partition coefficient (Wildman–Crippen LogP) is 5.91. The molecule has 19 heavy (non-hydrogen) atoms. The number of aliphatic hydroxyl groups is 1. The molecule has 0 saturated heterocycles. The van der Waals surface area contributed by atoms with E-state index in [2.05, 4.69) is 47.3 Å². The fraction of sp³-hybridized carbons (Fsp3) is 0.500. The SMILES string of the molecule is CCCC(CCC)C(O)c1csc2c(Br)cccc12. The van der Waals surface area contributed by atoms with Crippen molar-refractivity contribution in [3.05, 3.63) is 33.6 Å². The van der Waals surface area contributed by atoms with Crippen molar-refractivity contribution in [2.45, 2.75) is 45.6 Å². The van der Waals surface area contributed by atoms with Gasteiger partial charge in [0.1, 0.15) is 0 Å². The van der Waals surface area contributed by atoms with Crippen LogP contribution in [-0.4, -0.2) is 5.11 Å². The summed E-state index contributed by atoms with van der Waals surface area (Å²) >= 11 is 5.30. The van der Waals surface area contributed by atoms with Crippen molar-refractivity contribution >= 4 is 37.4 Å². The number of aliphatic hydroxyl groups excluding tert-OH is 1. The van der Waals surface area contributed by atoms with E-state index < -0.39 is 0 Å². The fourth-order valence-corrected chi connectivity index (χ4v) is 4.38. The molecule has 0 radical (unpaired) electrons. The Balaban J connectivity index is 2.34. The minimum Gasteiger partial charge on any atom is -0.388 e. The van der Waals surface area contributed by atoms with Gasteiger partial charge in [-0.25, -0.2) is 0 Å². The molecule has 1 heterocycles. The summed E-state index contributed by atoms with van der Waals surface area (Å²) in [4.78, 5) is 0. The Morgan fingerprint density at radius 2 is 1.89 bits per heavy atom. The number of halogens is 1. The van der Waals surface area contributed by atoms with E-state index in [1.54, 1.807) is 11.3 Å². The van der Waals surface area contributed by atoms with Gasteiger partial charge >= 0.3 is 0 Å². The quantitative estimate of drug-likeness (QED) is 0.692. The van der Waals surface area contributed by atoms with Gasteiger partial charge in [-0.15, -0.1) is 11.3 Å². The van der Waals surface area contributed by atoms with Gasteiger partial charge in [-0.1, -0.05) is 38.8 Å². The van der Waals surface area contributed by atoms with Crippen molar-refractivity contribution in [1.82, 2.24) is 0 Å². The van der Waals surface area contributed by atoms with Gasteiger partial charge < -0.3 is 5.11 Å². The van der Waals surface area contributed by atoms with E-state index in [0.29, 0.717) is 5.92 Å². The Labute approximate surface area is 127 Å². The van der Waals surface area contributed by atoms with E-state index in [4.69, 9.17) is 0 Å². The van der Waals surface area contributed by atoms with E-state index in [-0.39, 0.29) is 6.10 Å². The third-order valence-electron chi connectivity index (χ3n) is 3.67. The van der Waals surface area contributed by atoms with E-state index in [1.807, 2.05) is 6.07 Å².